The summed E-state index contributed by atoms with van der Waals surface area (Å²) >= 11 is 0. The molecule has 1 amide bonds. The van der Waals surface area contributed by atoms with Gasteiger partial charge in [-0.2, -0.15) is 0 Å². The van der Waals surface area contributed by atoms with Crippen LogP contribution in [0.3, 0.4) is 0 Å². The molecule has 1 heterocycles. The van der Waals surface area contributed by atoms with Gasteiger partial charge in [0.05, 0.1) is 5.69 Å². The molecule has 2 atom stereocenters. The van der Waals surface area contributed by atoms with Crippen LogP contribution >= 0.6 is 0 Å². The maximum absolute atomic E-state index is 13.5. The first kappa shape index (κ1) is 17.7. The molecule has 0 radical (unpaired) electrons. The van der Waals surface area contributed by atoms with Gasteiger partial charge < -0.3 is 19.5 Å². The summed E-state index contributed by atoms with van der Waals surface area (Å²) < 4.78 is 42.6. The number of carbonyl (C=O) groups is 2. The van der Waals surface area contributed by atoms with E-state index < -0.39 is 42.3 Å². The number of para-hydroxylation sites is 2. The molecule has 0 spiro atoms. The second kappa shape index (κ2) is 7.38. The molecular formula is C18H15F2NO5. The van der Waals surface area contributed by atoms with Gasteiger partial charge in [0.1, 0.15) is 17.7 Å². The number of halogens is 2. The fraction of sp³-hybridized carbons (Fsp3) is 0.222. The highest BCUT2D eigenvalue weighted by molar-refractivity contribution is 5.93. The Kier molecular flexibility index (Phi) is 5.01. The van der Waals surface area contributed by atoms with Gasteiger partial charge in [-0.05, 0) is 31.2 Å². The van der Waals surface area contributed by atoms with E-state index in [0.29, 0.717) is 11.5 Å². The third-order valence-electron chi connectivity index (χ3n) is 3.62. The van der Waals surface area contributed by atoms with Crippen LogP contribution in [0.4, 0.5) is 14.5 Å². The van der Waals surface area contributed by atoms with E-state index in [0.717, 1.165) is 18.2 Å². The highest BCUT2D eigenvalue weighted by atomic mass is 19.1. The molecule has 26 heavy (non-hydrogen) atoms. The van der Waals surface area contributed by atoms with Crippen molar-refractivity contribution in [2.75, 3.05) is 11.9 Å². The lowest BCUT2D eigenvalue weighted by Crippen LogP contribution is -2.45. The Morgan fingerprint density at radius 3 is 2.54 bits per heavy atom. The zero-order chi connectivity index (χ0) is 18.7. The average Bonchev–Trinajstić information content (AvgIpc) is 2.62. The van der Waals surface area contributed by atoms with E-state index >= 15 is 0 Å². The quantitative estimate of drug-likeness (QED) is 0.846. The zero-order valence-corrected chi connectivity index (χ0v) is 13.7. The third kappa shape index (κ3) is 3.90. The minimum absolute atomic E-state index is 0.342. The topological polar surface area (TPSA) is 73.9 Å². The Hall–Kier alpha value is -3.16. The summed E-state index contributed by atoms with van der Waals surface area (Å²) in [5.74, 6) is -2.24. The molecule has 6 nitrogen and oxygen atoms in total. The summed E-state index contributed by atoms with van der Waals surface area (Å²) in [6, 6.07) is 9.46. The number of carbonyl (C=O) groups excluding carboxylic acids is 2. The summed E-state index contributed by atoms with van der Waals surface area (Å²) in [5, 5.41) is 2.13. The molecule has 2 unspecified atom stereocenters. The molecule has 2 aromatic carbocycles. The van der Waals surface area contributed by atoms with Gasteiger partial charge in [0.25, 0.3) is 5.91 Å². The highest BCUT2D eigenvalue weighted by Gasteiger charge is 2.35. The van der Waals surface area contributed by atoms with E-state index in [4.69, 9.17) is 14.2 Å². The van der Waals surface area contributed by atoms with Gasteiger partial charge in [0.2, 0.25) is 6.10 Å². The second-order valence-electron chi connectivity index (χ2n) is 5.59. The number of fused-ring (bicyclic) bond motifs is 1. The summed E-state index contributed by atoms with van der Waals surface area (Å²) in [6.07, 6.45) is -1.68. The first-order valence-corrected chi connectivity index (χ1v) is 7.78. The lowest BCUT2D eigenvalue weighted by molar-refractivity contribution is -0.159. The number of anilines is 1. The van der Waals surface area contributed by atoms with Crippen LogP contribution in [0.1, 0.15) is 6.92 Å². The van der Waals surface area contributed by atoms with Crippen LogP contribution < -0.4 is 14.8 Å². The number of esters is 1. The van der Waals surface area contributed by atoms with Gasteiger partial charge in [-0.15, -0.1) is 0 Å². The predicted molar refractivity (Wildman–Crippen MR) is 86.9 cm³/mol. The summed E-state index contributed by atoms with van der Waals surface area (Å²) in [5.41, 5.74) is -0.342. The van der Waals surface area contributed by atoms with Crippen molar-refractivity contribution in [2.24, 2.45) is 0 Å². The highest BCUT2D eigenvalue weighted by Crippen LogP contribution is 2.33. The number of hydrogen-bond acceptors (Lipinski definition) is 5. The fourth-order valence-electron chi connectivity index (χ4n) is 2.38. The Morgan fingerprint density at radius 1 is 1.12 bits per heavy atom. The first-order chi connectivity index (χ1) is 12.4. The Labute approximate surface area is 147 Å². The van der Waals surface area contributed by atoms with Crippen LogP contribution in [-0.4, -0.2) is 30.7 Å². The largest absolute Gasteiger partial charge is 0.482 e. The van der Waals surface area contributed by atoms with Crippen molar-refractivity contribution in [3.05, 3.63) is 54.1 Å². The zero-order valence-electron chi connectivity index (χ0n) is 13.7. The van der Waals surface area contributed by atoms with Crippen molar-refractivity contribution in [2.45, 2.75) is 19.1 Å². The van der Waals surface area contributed by atoms with E-state index in [1.54, 1.807) is 31.2 Å². The lowest BCUT2D eigenvalue weighted by Gasteiger charge is -2.30. The number of rotatable bonds is 4. The molecule has 1 N–H and O–H groups in total. The van der Waals surface area contributed by atoms with E-state index in [-0.39, 0.29) is 5.69 Å². The maximum atomic E-state index is 13.5. The lowest BCUT2D eigenvalue weighted by atomic mass is 10.2. The first-order valence-electron chi connectivity index (χ1n) is 7.78. The standard InChI is InChI=1S/C18H15F2NO5/c1-10-17(26-15-5-3-2-4-14(15)25-10)18(23)24-9-16(22)21-13-8-11(19)6-7-12(13)20/h2-8,10,17H,9H2,1H3,(H,21,22). The molecule has 8 heteroatoms. The van der Waals surface area contributed by atoms with Gasteiger partial charge in [0, 0.05) is 6.07 Å². The van der Waals surface area contributed by atoms with Crippen LogP contribution in [-0.2, 0) is 14.3 Å². The fourth-order valence-corrected chi connectivity index (χ4v) is 2.38. The number of amides is 1. The van der Waals surface area contributed by atoms with Gasteiger partial charge in [0.15, 0.2) is 18.1 Å². The molecule has 136 valence electrons. The van der Waals surface area contributed by atoms with Crippen molar-refractivity contribution < 1.29 is 32.6 Å². The van der Waals surface area contributed by atoms with E-state index in [1.165, 1.54) is 0 Å². The molecular weight excluding hydrogens is 348 g/mol. The van der Waals surface area contributed by atoms with Crippen LogP contribution in [0.5, 0.6) is 11.5 Å². The Bertz CT molecular complexity index is 842. The number of benzene rings is 2. The molecule has 0 bridgehead atoms. The molecule has 0 saturated carbocycles. The van der Waals surface area contributed by atoms with Crippen molar-refractivity contribution in [3.63, 3.8) is 0 Å². The van der Waals surface area contributed by atoms with Crippen molar-refractivity contribution in [1.82, 2.24) is 0 Å². The van der Waals surface area contributed by atoms with Gasteiger partial charge in [-0.1, -0.05) is 12.1 Å². The Balaban J connectivity index is 1.57. The van der Waals surface area contributed by atoms with Crippen molar-refractivity contribution in [3.8, 4) is 11.5 Å². The van der Waals surface area contributed by atoms with Crippen LogP contribution in [0, 0.1) is 11.6 Å². The maximum Gasteiger partial charge on any atom is 0.351 e. The molecule has 0 saturated heterocycles. The molecule has 1 aliphatic rings. The molecule has 1 aliphatic heterocycles. The van der Waals surface area contributed by atoms with E-state index in [9.17, 15) is 18.4 Å². The second-order valence-corrected chi connectivity index (χ2v) is 5.59. The van der Waals surface area contributed by atoms with Crippen molar-refractivity contribution in [1.29, 1.82) is 0 Å². The number of hydrogen-bond donors (Lipinski definition) is 1. The monoisotopic (exact) mass is 363 g/mol. The molecule has 0 aromatic heterocycles. The van der Waals surface area contributed by atoms with Crippen LogP contribution in [0.2, 0.25) is 0 Å². The normalized spacial score (nSPS) is 18.1. The van der Waals surface area contributed by atoms with E-state index in [2.05, 4.69) is 5.32 Å². The van der Waals surface area contributed by atoms with E-state index in [1.807, 2.05) is 0 Å². The Morgan fingerprint density at radius 2 is 1.81 bits per heavy atom. The molecule has 0 aliphatic carbocycles. The minimum Gasteiger partial charge on any atom is -0.482 e. The van der Waals surface area contributed by atoms with Crippen molar-refractivity contribution >= 4 is 17.6 Å². The SMILES string of the molecule is CC1Oc2ccccc2OC1C(=O)OCC(=O)Nc1cc(F)ccc1F. The number of nitrogens with one attached hydrogen (secondary N) is 1. The van der Waals surface area contributed by atoms with Crippen LogP contribution in [0.15, 0.2) is 42.5 Å². The summed E-state index contributed by atoms with van der Waals surface area (Å²) in [7, 11) is 0. The molecule has 3 rings (SSSR count). The summed E-state index contributed by atoms with van der Waals surface area (Å²) in [6.45, 7) is 0.951. The van der Waals surface area contributed by atoms with Crippen LogP contribution in [0.25, 0.3) is 0 Å². The third-order valence-corrected chi connectivity index (χ3v) is 3.62. The summed E-state index contributed by atoms with van der Waals surface area (Å²) in [4.78, 5) is 23.9. The van der Waals surface area contributed by atoms with Gasteiger partial charge in [-0.3, -0.25) is 4.79 Å². The predicted octanol–water partition coefficient (Wildman–Crippen LogP) is 2.68. The van der Waals surface area contributed by atoms with Gasteiger partial charge >= 0.3 is 5.97 Å². The average molecular weight is 363 g/mol. The molecule has 0 fully saturated rings. The van der Waals surface area contributed by atoms with Gasteiger partial charge in [-0.25, -0.2) is 13.6 Å². The smallest absolute Gasteiger partial charge is 0.351 e. The number of ether oxygens (including phenoxy) is 3. The molecule has 2 aromatic rings. The minimum atomic E-state index is -1.05.